The van der Waals surface area contributed by atoms with Crippen LogP contribution in [0.25, 0.3) is 0 Å². The quantitative estimate of drug-likeness (QED) is 0.729. The molecular weight excluding hydrogens is 398 g/mol. The van der Waals surface area contributed by atoms with Gasteiger partial charge in [0.1, 0.15) is 16.8 Å². The average Bonchev–Trinajstić information content (AvgIpc) is 3.37. The van der Waals surface area contributed by atoms with E-state index in [0.717, 1.165) is 38.0 Å². The van der Waals surface area contributed by atoms with Crippen molar-refractivity contribution >= 4 is 17.9 Å². The predicted octanol–water partition coefficient (Wildman–Crippen LogP) is 1.66. The van der Waals surface area contributed by atoms with Gasteiger partial charge in [0.2, 0.25) is 5.91 Å². The molecule has 9 heteroatoms. The Labute approximate surface area is 184 Å². The second-order valence-corrected chi connectivity index (χ2v) is 10.3. The monoisotopic (exact) mass is 433 g/mol. The minimum atomic E-state index is -0.864. The molecule has 3 aliphatic heterocycles. The number of amides is 3. The molecule has 0 bridgehead atoms. The van der Waals surface area contributed by atoms with E-state index >= 15 is 0 Å². The van der Waals surface area contributed by atoms with Crippen LogP contribution in [0.15, 0.2) is 11.9 Å². The van der Waals surface area contributed by atoms with Crippen LogP contribution >= 0.6 is 0 Å². The van der Waals surface area contributed by atoms with Crippen LogP contribution in [0.3, 0.4) is 0 Å². The van der Waals surface area contributed by atoms with Gasteiger partial charge in [0.05, 0.1) is 13.3 Å². The Balaban J connectivity index is 1.36. The van der Waals surface area contributed by atoms with Crippen LogP contribution in [0, 0.1) is 0 Å². The largest absolute Gasteiger partial charge is 0.444 e. The van der Waals surface area contributed by atoms with Crippen molar-refractivity contribution in [3.05, 3.63) is 11.9 Å². The van der Waals surface area contributed by atoms with E-state index in [0.29, 0.717) is 32.6 Å². The highest BCUT2D eigenvalue weighted by atomic mass is 16.6. The first kappa shape index (κ1) is 21.8. The normalized spacial score (nSPS) is 23.9. The number of hydrogen-bond acceptors (Lipinski definition) is 6. The van der Waals surface area contributed by atoms with Crippen LogP contribution in [0.1, 0.15) is 59.3 Å². The molecule has 31 heavy (non-hydrogen) atoms. The SMILES string of the molecule is CN1C=C2C(=O)N(C3CCN(C(=O)C4(NC(=O)OC(C)(C)C)CCCC4)CC3)CN2C1. The average molecular weight is 434 g/mol. The van der Waals surface area contributed by atoms with Gasteiger partial charge in [-0.05, 0) is 46.5 Å². The first-order valence-corrected chi connectivity index (χ1v) is 11.4. The zero-order valence-corrected chi connectivity index (χ0v) is 19.1. The molecule has 0 spiro atoms. The fourth-order valence-corrected chi connectivity index (χ4v) is 5.22. The van der Waals surface area contributed by atoms with Crippen molar-refractivity contribution in [2.75, 3.05) is 33.5 Å². The maximum Gasteiger partial charge on any atom is 0.408 e. The third-order valence-electron chi connectivity index (χ3n) is 6.68. The third-order valence-corrected chi connectivity index (χ3v) is 6.68. The summed E-state index contributed by atoms with van der Waals surface area (Å²) in [6.45, 7) is 8.02. The van der Waals surface area contributed by atoms with Gasteiger partial charge in [-0.1, -0.05) is 12.8 Å². The van der Waals surface area contributed by atoms with Crippen LogP contribution in [-0.2, 0) is 14.3 Å². The number of carbonyl (C=O) groups excluding carboxylic acids is 3. The lowest BCUT2D eigenvalue weighted by Gasteiger charge is -2.41. The lowest BCUT2D eigenvalue weighted by molar-refractivity contribution is -0.140. The molecule has 9 nitrogen and oxygen atoms in total. The topological polar surface area (TPSA) is 85.4 Å². The minimum Gasteiger partial charge on any atom is -0.444 e. The van der Waals surface area contributed by atoms with Gasteiger partial charge < -0.3 is 29.7 Å². The molecular formula is C22H35N5O4. The molecule has 3 heterocycles. The van der Waals surface area contributed by atoms with Gasteiger partial charge in [-0.25, -0.2) is 4.79 Å². The highest BCUT2D eigenvalue weighted by Gasteiger charge is 2.47. The molecule has 0 unspecified atom stereocenters. The molecule has 0 atom stereocenters. The summed E-state index contributed by atoms with van der Waals surface area (Å²) in [5.41, 5.74) is -0.699. The molecule has 1 saturated carbocycles. The Bertz CT molecular complexity index is 775. The van der Waals surface area contributed by atoms with Crippen LogP contribution in [0.5, 0.6) is 0 Å². The molecule has 2 saturated heterocycles. The van der Waals surface area contributed by atoms with E-state index in [1.807, 2.05) is 48.7 Å². The molecule has 0 aromatic carbocycles. The van der Waals surface area contributed by atoms with Gasteiger partial charge in [0, 0.05) is 32.4 Å². The highest BCUT2D eigenvalue weighted by molar-refractivity contribution is 5.95. The number of ether oxygens (including phenoxy) is 1. The number of carbonyl (C=O) groups is 3. The first-order valence-electron chi connectivity index (χ1n) is 11.4. The number of nitrogens with one attached hydrogen (secondary N) is 1. The molecule has 0 aromatic rings. The Morgan fingerprint density at radius 3 is 2.35 bits per heavy atom. The predicted molar refractivity (Wildman–Crippen MR) is 114 cm³/mol. The molecule has 1 aliphatic carbocycles. The van der Waals surface area contributed by atoms with Crippen LogP contribution in [0.2, 0.25) is 0 Å². The Hall–Kier alpha value is -2.45. The van der Waals surface area contributed by atoms with E-state index in [9.17, 15) is 14.4 Å². The minimum absolute atomic E-state index is 0.00740. The second kappa shape index (κ2) is 7.91. The van der Waals surface area contributed by atoms with Crippen LogP contribution < -0.4 is 5.32 Å². The lowest BCUT2D eigenvalue weighted by Crippen LogP contribution is -2.60. The van der Waals surface area contributed by atoms with E-state index in [1.54, 1.807) is 0 Å². The van der Waals surface area contributed by atoms with Crippen LogP contribution in [-0.4, -0.2) is 88.2 Å². The van der Waals surface area contributed by atoms with Gasteiger partial charge >= 0.3 is 6.09 Å². The fourth-order valence-electron chi connectivity index (χ4n) is 5.22. The summed E-state index contributed by atoms with van der Waals surface area (Å²) in [5.74, 6) is 0.0833. The third kappa shape index (κ3) is 4.32. The molecule has 172 valence electrons. The van der Waals surface area contributed by atoms with E-state index in [4.69, 9.17) is 4.74 Å². The summed E-state index contributed by atoms with van der Waals surface area (Å²) < 4.78 is 5.42. The number of fused-ring (bicyclic) bond motifs is 1. The zero-order valence-electron chi connectivity index (χ0n) is 19.1. The van der Waals surface area contributed by atoms with Crippen molar-refractivity contribution in [1.82, 2.24) is 24.9 Å². The summed E-state index contributed by atoms with van der Waals surface area (Å²) >= 11 is 0. The van der Waals surface area contributed by atoms with Crippen molar-refractivity contribution in [1.29, 1.82) is 0 Å². The molecule has 1 N–H and O–H groups in total. The van der Waals surface area contributed by atoms with E-state index < -0.39 is 17.2 Å². The van der Waals surface area contributed by atoms with Crippen molar-refractivity contribution in [3.63, 3.8) is 0 Å². The molecule has 4 rings (SSSR count). The van der Waals surface area contributed by atoms with Crippen molar-refractivity contribution in [2.24, 2.45) is 0 Å². The van der Waals surface area contributed by atoms with Crippen molar-refractivity contribution in [3.8, 4) is 0 Å². The van der Waals surface area contributed by atoms with Crippen molar-refractivity contribution in [2.45, 2.75) is 76.5 Å². The maximum atomic E-state index is 13.5. The van der Waals surface area contributed by atoms with Crippen LogP contribution in [0.4, 0.5) is 4.79 Å². The Morgan fingerprint density at radius 2 is 1.77 bits per heavy atom. The Morgan fingerprint density at radius 1 is 1.13 bits per heavy atom. The number of nitrogens with zero attached hydrogens (tertiary/aromatic N) is 4. The number of alkyl carbamates (subject to hydrolysis) is 1. The zero-order chi connectivity index (χ0) is 22.4. The first-order chi connectivity index (χ1) is 14.6. The number of likely N-dealkylation sites (tertiary alicyclic amines) is 1. The summed E-state index contributed by atoms with van der Waals surface area (Å²) in [7, 11) is 1.97. The second-order valence-electron chi connectivity index (χ2n) is 10.3. The molecule has 0 radical (unpaired) electrons. The number of rotatable bonds is 3. The molecule has 3 fully saturated rings. The smallest absolute Gasteiger partial charge is 0.408 e. The fraction of sp³-hybridized carbons (Fsp3) is 0.773. The number of hydrogen-bond donors (Lipinski definition) is 1. The standard InChI is InChI=1S/C22H35N5O4/c1-21(2,3)31-20(30)23-22(9-5-6-10-22)19(29)25-11-7-16(8-12-25)27-15-26-14-24(4)13-17(26)18(27)28/h13,16H,5-12,14-15H2,1-4H3,(H,23,30). The van der Waals surface area contributed by atoms with Gasteiger partial charge in [-0.15, -0.1) is 0 Å². The highest BCUT2D eigenvalue weighted by Crippen LogP contribution is 2.34. The van der Waals surface area contributed by atoms with Gasteiger partial charge in [0.15, 0.2) is 0 Å². The number of piperidine rings is 1. The summed E-state index contributed by atoms with van der Waals surface area (Å²) in [5, 5.41) is 2.91. The molecule has 4 aliphatic rings. The van der Waals surface area contributed by atoms with E-state index in [-0.39, 0.29) is 17.9 Å². The maximum absolute atomic E-state index is 13.5. The summed E-state index contributed by atoms with van der Waals surface area (Å²) in [4.78, 5) is 46.6. The Kier molecular flexibility index (Phi) is 5.55. The summed E-state index contributed by atoms with van der Waals surface area (Å²) in [6.07, 6.45) is 6.03. The van der Waals surface area contributed by atoms with Gasteiger partial charge in [-0.3, -0.25) is 9.59 Å². The summed E-state index contributed by atoms with van der Waals surface area (Å²) in [6, 6.07) is 0.145. The molecule has 0 aromatic heterocycles. The molecule has 3 amide bonds. The van der Waals surface area contributed by atoms with E-state index in [1.165, 1.54) is 0 Å². The lowest BCUT2D eigenvalue weighted by atomic mass is 9.93. The van der Waals surface area contributed by atoms with Gasteiger partial charge in [0.25, 0.3) is 5.91 Å². The van der Waals surface area contributed by atoms with Gasteiger partial charge in [-0.2, -0.15) is 0 Å². The van der Waals surface area contributed by atoms with E-state index in [2.05, 4.69) is 10.2 Å². The van der Waals surface area contributed by atoms with Crippen molar-refractivity contribution < 1.29 is 19.1 Å².